The molecule has 5 heteroatoms. The van der Waals surface area contributed by atoms with Crippen LogP contribution in [0.15, 0.2) is 59.7 Å². The second-order valence-electron chi connectivity index (χ2n) is 7.23. The Morgan fingerprint density at radius 1 is 1.00 bits per heavy atom. The number of halogens is 1. The summed E-state index contributed by atoms with van der Waals surface area (Å²) in [6.45, 7) is 2.23. The van der Waals surface area contributed by atoms with Gasteiger partial charge in [-0.3, -0.25) is 9.69 Å². The van der Waals surface area contributed by atoms with Crippen molar-refractivity contribution >= 4 is 11.6 Å². The summed E-state index contributed by atoms with van der Waals surface area (Å²) in [4.78, 5) is 15.2. The fourth-order valence-corrected chi connectivity index (χ4v) is 3.91. The number of benzene rings is 2. The Kier molecular flexibility index (Phi) is 5.30. The Morgan fingerprint density at radius 2 is 1.70 bits per heavy atom. The molecule has 2 aromatic rings. The number of piperidine rings is 1. The molecule has 1 fully saturated rings. The van der Waals surface area contributed by atoms with Gasteiger partial charge in [0.2, 0.25) is 0 Å². The van der Waals surface area contributed by atoms with Crippen LogP contribution in [0.2, 0.25) is 0 Å². The summed E-state index contributed by atoms with van der Waals surface area (Å²) in [6, 6.07) is 16.1. The lowest BCUT2D eigenvalue weighted by Gasteiger charge is -2.29. The van der Waals surface area contributed by atoms with Crippen LogP contribution in [-0.2, 0) is 4.79 Å². The summed E-state index contributed by atoms with van der Waals surface area (Å²) in [6.07, 6.45) is 4.00. The topological polar surface area (TPSA) is 35.9 Å². The van der Waals surface area contributed by atoms with Crippen LogP contribution in [0.25, 0.3) is 0 Å². The third-order valence-corrected chi connectivity index (χ3v) is 5.34. The minimum Gasteiger partial charge on any atom is -0.294 e. The first-order chi connectivity index (χ1) is 13.2. The Labute approximate surface area is 159 Å². The zero-order valence-corrected chi connectivity index (χ0v) is 15.4. The van der Waals surface area contributed by atoms with E-state index in [1.165, 1.54) is 17.5 Å². The second-order valence-corrected chi connectivity index (χ2v) is 7.23. The first-order valence-electron chi connectivity index (χ1n) is 9.64. The van der Waals surface area contributed by atoms with Crippen molar-refractivity contribution < 1.29 is 9.18 Å². The van der Waals surface area contributed by atoms with Crippen molar-refractivity contribution in [2.24, 2.45) is 5.10 Å². The monoisotopic (exact) mass is 365 g/mol. The van der Waals surface area contributed by atoms with Crippen LogP contribution in [0.1, 0.15) is 42.9 Å². The van der Waals surface area contributed by atoms with Crippen LogP contribution in [-0.4, -0.2) is 41.2 Å². The van der Waals surface area contributed by atoms with E-state index in [2.05, 4.69) is 10.0 Å². The lowest BCUT2D eigenvalue weighted by molar-refractivity contribution is -0.134. The molecule has 0 aromatic heterocycles. The number of likely N-dealkylation sites (tertiary alicyclic amines) is 1. The van der Waals surface area contributed by atoms with E-state index >= 15 is 0 Å². The molecular weight excluding hydrogens is 341 g/mol. The fraction of sp³-hybridized carbons (Fsp3) is 0.364. The van der Waals surface area contributed by atoms with Crippen molar-refractivity contribution in [2.75, 3.05) is 19.6 Å². The zero-order valence-electron chi connectivity index (χ0n) is 15.4. The van der Waals surface area contributed by atoms with E-state index in [1.807, 2.05) is 36.4 Å². The maximum absolute atomic E-state index is 14.5. The largest absolute Gasteiger partial charge is 0.294 e. The van der Waals surface area contributed by atoms with E-state index in [-0.39, 0.29) is 11.7 Å². The van der Waals surface area contributed by atoms with Crippen molar-refractivity contribution in [3.63, 3.8) is 0 Å². The Hall–Kier alpha value is -2.53. The first kappa shape index (κ1) is 17.9. The lowest BCUT2D eigenvalue weighted by Crippen LogP contribution is -2.40. The number of amides is 1. The predicted octanol–water partition coefficient (Wildman–Crippen LogP) is 3.99. The van der Waals surface area contributed by atoms with Crippen molar-refractivity contribution in [1.29, 1.82) is 0 Å². The molecule has 0 radical (unpaired) electrons. The van der Waals surface area contributed by atoms with Gasteiger partial charge >= 0.3 is 0 Å². The molecule has 27 heavy (non-hydrogen) atoms. The molecule has 0 bridgehead atoms. The molecule has 4 rings (SSSR count). The van der Waals surface area contributed by atoms with Gasteiger partial charge in [-0.25, -0.2) is 9.40 Å². The number of rotatable bonds is 4. The molecule has 0 N–H and O–H groups in total. The Balaban J connectivity index is 1.61. The zero-order chi connectivity index (χ0) is 18.6. The molecule has 2 aliphatic heterocycles. The molecular formula is C22H24FN3O. The summed E-state index contributed by atoms with van der Waals surface area (Å²) in [7, 11) is 0. The summed E-state index contributed by atoms with van der Waals surface area (Å²) in [5.41, 5.74) is 2.34. The van der Waals surface area contributed by atoms with Gasteiger partial charge in [-0.2, -0.15) is 5.10 Å². The number of hydrazone groups is 1. The van der Waals surface area contributed by atoms with Gasteiger partial charge in [-0.05, 0) is 37.6 Å². The van der Waals surface area contributed by atoms with E-state index in [4.69, 9.17) is 0 Å². The van der Waals surface area contributed by atoms with E-state index in [0.717, 1.165) is 37.2 Å². The first-order valence-corrected chi connectivity index (χ1v) is 9.64. The van der Waals surface area contributed by atoms with Crippen LogP contribution in [0.4, 0.5) is 4.39 Å². The highest BCUT2D eigenvalue weighted by Crippen LogP contribution is 2.34. The second kappa shape index (κ2) is 8.01. The number of carbonyl (C=O) groups excluding carboxylic acids is 1. The lowest BCUT2D eigenvalue weighted by atomic mass is 9.98. The molecule has 4 nitrogen and oxygen atoms in total. The van der Waals surface area contributed by atoms with Crippen molar-refractivity contribution in [3.8, 4) is 0 Å². The maximum atomic E-state index is 14.5. The van der Waals surface area contributed by atoms with Gasteiger partial charge in [0.15, 0.2) is 0 Å². The number of hydrogen-bond donors (Lipinski definition) is 0. The number of nitrogens with zero attached hydrogens (tertiary/aromatic N) is 3. The minimum absolute atomic E-state index is 0.0592. The fourth-order valence-electron chi connectivity index (χ4n) is 3.91. The van der Waals surface area contributed by atoms with Gasteiger partial charge in [0, 0.05) is 12.0 Å². The molecule has 0 saturated carbocycles. The van der Waals surface area contributed by atoms with Gasteiger partial charge in [0.05, 0.1) is 18.3 Å². The smallest absolute Gasteiger partial charge is 0.257 e. The van der Waals surface area contributed by atoms with E-state index < -0.39 is 6.04 Å². The van der Waals surface area contributed by atoms with Gasteiger partial charge in [-0.1, -0.05) is 55.0 Å². The van der Waals surface area contributed by atoms with Crippen molar-refractivity contribution in [3.05, 3.63) is 71.5 Å². The van der Waals surface area contributed by atoms with Gasteiger partial charge in [-0.15, -0.1) is 0 Å². The molecule has 2 aliphatic rings. The third kappa shape index (κ3) is 3.93. The third-order valence-electron chi connectivity index (χ3n) is 5.34. The van der Waals surface area contributed by atoms with Crippen molar-refractivity contribution in [1.82, 2.24) is 9.91 Å². The average molecular weight is 365 g/mol. The highest BCUT2D eigenvalue weighted by Gasteiger charge is 2.35. The highest BCUT2D eigenvalue weighted by atomic mass is 19.1. The Morgan fingerprint density at radius 3 is 2.44 bits per heavy atom. The molecule has 140 valence electrons. The molecule has 2 heterocycles. The van der Waals surface area contributed by atoms with E-state index in [1.54, 1.807) is 12.1 Å². The highest BCUT2D eigenvalue weighted by molar-refractivity contribution is 6.03. The summed E-state index contributed by atoms with van der Waals surface area (Å²) in [5, 5.41) is 6.14. The molecule has 0 spiro atoms. The van der Waals surface area contributed by atoms with Crippen LogP contribution in [0.5, 0.6) is 0 Å². The quantitative estimate of drug-likeness (QED) is 0.821. The van der Waals surface area contributed by atoms with Crippen LogP contribution in [0.3, 0.4) is 0 Å². The van der Waals surface area contributed by atoms with Crippen LogP contribution in [0, 0.1) is 5.82 Å². The average Bonchev–Trinajstić information content (AvgIpc) is 3.15. The molecule has 1 saturated heterocycles. The molecule has 1 atom stereocenters. The van der Waals surface area contributed by atoms with E-state index in [0.29, 0.717) is 18.5 Å². The van der Waals surface area contributed by atoms with Gasteiger partial charge in [0.25, 0.3) is 5.91 Å². The van der Waals surface area contributed by atoms with Gasteiger partial charge < -0.3 is 0 Å². The summed E-state index contributed by atoms with van der Waals surface area (Å²) < 4.78 is 14.5. The molecule has 2 aromatic carbocycles. The predicted molar refractivity (Wildman–Crippen MR) is 104 cm³/mol. The molecule has 0 aliphatic carbocycles. The van der Waals surface area contributed by atoms with Crippen LogP contribution < -0.4 is 0 Å². The number of carbonyl (C=O) groups is 1. The Bertz CT molecular complexity index is 830. The SMILES string of the molecule is O=C(CN1CCCCC1)N1N=C(c2ccccc2)CC1c1ccccc1F. The minimum atomic E-state index is -0.390. The van der Waals surface area contributed by atoms with E-state index in [9.17, 15) is 9.18 Å². The summed E-state index contributed by atoms with van der Waals surface area (Å²) in [5.74, 6) is -0.348. The number of hydrogen-bond acceptors (Lipinski definition) is 3. The standard InChI is InChI=1S/C22H24FN3O/c23-19-12-6-5-11-18(19)21-15-20(17-9-3-1-4-10-17)24-26(21)22(27)16-25-13-7-2-8-14-25/h1,3-6,9-12,21H,2,7-8,13-16H2. The van der Waals surface area contributed by atoms with Crippen LogP contribution >= 0.6 is 0 Å². The summed E-state index contributed by atoms with van der Waals surface area (Å²) >= 11 is 0. The van der Waals surface area contributed by atoms with Gasteiger partial charge in [0.1, 0.15) is 5.82 Å². The molecule has 1 unspecified atom stereocenters. The maximum Gasteiger partial charge on any atom is 0.257 e. The normalized spacial score (nSPS) is 20.6. The van der Waals surface area contributed by atoms with Crippen molar-refractivity contribution in [2.45, 2.75) is 31.7 Å². The molecule has 1 amide bonds.